The Morgan fingerprint density at radius 2 is 1.10 bits per heavy atom. The molecule has 1 saturated heterocycles. The van der Waals surface area contributed by atoms with Gasteiger partial charge in [-0.25, -0.2) is 4.79 Å². The third-order valence-corrected chi connectivity index (χ3v) is 25.3. The van der Waals surface area contributed by atoms with Gasteiger partial charge in [-0.2, -0.15) is 11.8 Å². The Kier molecular flexibility index (Phi) is 4.73. The second-order valence-electron chi connectivity index (χ2n) is 26.1. The molecule has 9 aliphatic rings. The lowest BCUT2D eigenvalue weighted by atomic mass is 9.49. The summed E-state index contributed by atoms with van der Waals surface area (Å²) in [5, 5.41) is 46.2. The summed E-state index contributed by atoms with van der Waals surface area (Å²) in [5.74, 6) is 1.34. The van der Waals surface area contributed by atoms with Gasteiger partial charge in [-0.05, 0) is 225 Å². The Balaban J connectivity index is 1.11. The summed E-state index contributed by atoms with van der Waals surface area (Å²) in [6, 6.07) is 23.7. The van der Waals surface area contributed by atoms with Crippen LogP contribution in [0.25, 0.3) is 195 Å². The van der Waals surface area contributed by atoms with Crippen molar-refractivity contribution in [3.8, 4) is 5.75 Å². The lowest BCUT2D eigenvalue weighted by Gasteiger charge is -2.56. The molecule has 1 fully saturated rings. The second kappa shape index (κ2) is 10.2. The first-order valence-corrected chi connectivity index (χ1v) is 29.5. The van der Waals surface area contributed by atoms with E-state index < -0.39 is 16.8 Å². The molecule has 2 aliphatic heterocycles. The van der Waals surface area contributed by atoms with E-state index in [-0.39, 0.29) is 39.4 Å². The summed E-state index contributed by atoms with van der Waals surface area (Å²) in [4.78, 5) is 60.6. The molecule has 8 heteroatoms. The van der Waals surface area contributed by atoms with Crippen molar-refractivity contribution in [3.63, 3.8) is 0 Å². The van der Waals surface area contributed by atoms with Gasteiger partial charge in [-0.3, -0.25) is 14.4 Å². The topological polar surface area (TPSA) is 111 Å². The number of hydrogen-bond donors (Lipinski definition) is 1. The van der Waals surface area contributed by atoms with E-state index in [0.717, 1.165) is 93.4 Å². The maximum absolute atomic E-state index is 16.2. The molecule has 6 atom stereocenters. The minimum atomic E-state index is -1.09. The van der Waals surface area contributed by atoms with E-state index in [1.54, 1.807) is 12.1 Å². The molecule has 7 aliphatic carbocycles. The molecule has 0 bridgehead atoms. The average molecular weight is 1040 g/mol. The Labute approximate surface area is 447 Å². The van der Waals surface area contributed by atoms with Gasteiger partial charge in [-0.15, -0.1) is 0 Å². The fourth-order valence-corrected chi connectivity index (χ4v) is 23.8. The zero-order valence-corrected chi connectivity index (χ0v) is 42.3. The van der Waals surface area contributed by atoms with E-state index in [1.807, 2.05) is 6.07 Å². The van der Waals surface area contributed by atoms with Gasteiger partial charge in [0.05, 0.1) is 5.56 Å². The van der Waals surface area contributed by atoms with Crippen LogP contribution in [0.2, 0.25) is 0 Å². The molecule has 0 spiro atoms. The lowest BCUT2D eigenvalue weighted by Crippen LogP contribution is -2.49. The van der Waals surface area contributed by atoms with Crippen LogP contribution in [-0.2, 0) is 13.0 Å². The largest absolute Gasteiger partial charge is 0.488 e. The number of aromatic carboxylic acids is 1. The number of carboxylic acid groups (broad SMARTS) is 1. The van der Waals surface area contributed by atoms with Crippen LogP contribution in [0.3, 0.4) is 0 Å². The number of hydrogen-bond acceptors (Lipinski definition) is 7. The summed E-state index contributed by atoms with van der Waals surface area (Å²) in [6.45, 7) is 0.393. The Hall–Kier alpha value is -9.11. The smallest absolute Gasteiger partial charge is 0.336 e. The van der Waals surface area contributed by atoms with Gasteiger partial charge in [-0.1, -0.05) is 24.3 Å². The minimum Gasteiger partial charge on any atom is -0.488 e. The molecule has 6 unspecified atom stereocenters. The van der Waals surface area contributed by atoms with Crippen LogP contribution in [0.4, 0.5) is 0 Å². The van der Waals surface area contributed by atoms with Gasteiger partial charge in [0, 0.05) is 104 Å². The van der Waals surface area contributed by atoms with Crippen LogP contribution in [0.15, 0.2) is 85.5 Å². The average Bonchev–Trinajstić information content (AvgIpc) is 0.801. The predicted molar refractivity (Wildman–Crippen MR) is 320 cm³/mol. The molecule has 17 aromatic carbocycles. The van der Waals surface area contributed by atoms with E-state index in [4.69, 9.17) is 9.15 Å². The van der Waals surface area contributed by atoms with Crippen molar-refractivity contribution in [1.29, 1.82) is 0 Å². The third kappa shape index (κ3) is 2.95. The highest BCUT2D eigenvalue weighted by molar-refractivity contribution is 7.99. The SMILES string of the molecule is O=C(O)c1cc2c(=O)c3cc4c(=O)c(=O)c5cc6c7c8c(cc9c%10c8c8c%11c%12c(c3c3c%13c%14c%15c%16c%17c%18c(cc%19oc%20ccc%21ccc%22cc%23cc1c(c23)c%14c%23c1c%22c%21c%20c(c%19%17)c%151)C1SCCC(C9)C1C%10C=%18C=8C%16C%12%13)c4c5c%117)CO6. The fourth-order valence-electron chi connectivity index (χ4n) is 22.1. The van der Waals surface area contributed by atoms with Crippen LogP contribution < -0.4 is 31.5 Å². The molecule has 18 aromatic rings. The number of fused-ring (bicyclic) bond motifs is 1. The normalized spacial score (nSPS) is 23.1. The molecule has 0 saturated carbocycles. The molecule has 362 valence electrons. The zero-order chi connectivity index (χ0) is 50.6. The first kappa shape index (κ1) is 36.9. The van der Waals surface area contributed by atoms with Crippen molar-refractivity contribution >= 4 is 212 Å². The highest BCUT2D eigenvalue weighted by Crippen LogP contribution is 2.74. The van der Waals surface area contributed by atoms with Crippen molar-refractivity contribution in [3.05, 3.63) is 152 Å². The predicted octanol–water partition coefficient (Wildman–Crippen LogP) is 14.0. The van der Waals surface area contributed by atoms with Gasteiger partial charge >= 0.3 is 5.97 Å². The Bertz CT molecular complexity index is 6970. The van der Waals surface area contributed by atoms with Crippen molar-refractivity contribution in [2.45, 2.75) is 42.5 Å². The molecule has 1 N–H and O–H groups in total. The molecule has 80 heavy (non-hydrogen) atoms. The van der Waals surface area contributed by atoms with Crippen LogP contribution in [0, 0.1) is 11.8 Å². The van der Waals surface area contributed by atoms with E-state index in [2.05, 4.69) is 60.3 Å². The molecule has 27 rings (SSSR count). The molecular formula is C72H26O7S. The molecule has 0 radical (unpaired) electrons. The van der Waals surface area contributed by atoms with E-state index in [9.17, 15) is 9.90 Å². The zero-order valence-electron chi connectivity index (χ0n) is 41.4. The van der Waals surface area contributed by atoms with Gasteiger partial charge in [0.25, 0.3) is 0 Å². The van der Waals surface area contributed by atoms with Crippen LogP contribution in [-0.4, -0.2) is 16.8 Å². The number of carboxylic acids is 1. The van der Waals surface area contributed by atoms with E-state index in [0.29, 0.717) is 45.7 Å². The molecule has 0 amide bonds. The van der Waals surface area contributed by atoms with Crippen molar-refractivity contribution in [1.82, 2.24) is 0 Å². The number of rotatable bonds is 1. The third-order valence-electron chi connectivity index (χ3n) is 23.9. The van der Waals surface area contributed by atoms with E-state index in [1.165, 1.54) is 142 Å². The molecule has 3 heterocycles. The first-order chi connectivity index (χ1) is 39.3. The van der Waals surface area contributed by atoms with Crippen LogP contribution >= 0.6 is 11.8 Å². The summed E-state index contributed by atoms with van der Waals surface area (Å²) in [5.41, 5.74) is 12.8. The highest BCUT2D eigenvalue weighted by atomic mass is 32.2. The minimum absolute atomic E-state index is 0.0900. The van der Waals surface area contributed by atoms with Gasteiger partial charge in [0.2, 0.25) is 10.9 Å². The maximum atomic E-state index is 16.2. The van der Waals surface area contributed by atoms with Crippen LogP contribution in [0.5, 0.6) is 5.75 Å². The van der Waals surface area contributed by atoms with Crippen molar-refractivity contribution in [2.24, 2.45) is 11.8 Å². The molecule has 7 nitrogen and oxygen atoms in total. The summed E-state index contributed by atoms with van der Waals surface area (Å²) < 4.78 is 14.5. The summed E-state index contributed by atoms with van der Waals surface area (Å²) in [6.07, 6.45) is 2.20. The van der Waals surface area contributed by atoms with Gasteiger partial charge < -0.3 is 14.3 Å². The highest BCUT2D eigenvalue weighted by Gasteiger charge is 2.58. The van der Waals surface area contributed by atoms with Gasteiger partial charge in [0.15, 0.2) is 5.43 Å². The molecular weight excluding hydrogens is 1010 g/mol. The number of benzene rings is 17. The molecule has 1 aromatic heterocycles. The lowest BCUT2D eigenvalue weighted by molar-refractivity contribution is 0.0699. The second-order valence-corrected chi connectivity index (χ2v) is 27.3. The van der Waals surface area contributed by atoms with Crippen molar-refractivity contribution in [2.75, 3.05) is 5.75 Å². The number of ether oxygens (including phenoxy) is 1. The summed E-state index contributed by atoms with van der Waals surface area (Å²) >= 11 is 2.17. The van der Waals surface area contributed by atoms with Crippen LogP contribution in [0.1, 0.15) is 78.7 Å². The monoisotopic (exact) mass is 1030 g/mol. The number of carbonyl (C=O) groups is 1. The summed E-state index contributed by atoms with van der Waals surface area (Å²) in [7, 11) is 0. The standard InChI is InChI=1S/C72H26O7S/c73-68-24-11-23(72(76)77)22-10-20-7-17-2-1-16-3-4-29-44-32(16)33(17)47-35(20)50-38(22)39(24)51-42-25(68)12-26-40-41-27(70(75)69(26)74)13-30-45-36-21(15-78-30)9-19-8-18-5-6-80-71-28-14-31(79-29)46-54-43(28)55-49(37(18)71)34(19)48(36)58-62(53(41)45)61(52(40)42)66-60(51)59(50)65(57(47)56(44)46)63(54)67(66)64(55)58/h1-4,7,9-14,18,37,49,66-67,71H,5-6,8,15H2,(H,76,77). The first-order valence-electron chi connectivity index (χ1n) is 28.5. The van der Waals surface area contributed by atoms with E-state index >= 15 is 14.4 Å². The van der Waals surface area contributed by atoms with Crippen molar-refractivity contribution < 1.29 is 19.1 Å². The Morgan fingerprint density at radius 3 is 1.98 bits per heavy atom. The maximum Gasteiger partial charge on any atom is 0.336 e. The number of thioether (sulfide) groups is 1. The van der Waals surface area contributed by atoms with Gasteiger partial charge in [0.1, 0.15) is 23.5 Å². The fraction of sp³-hybridized carbons (Fsp3) is 0.139. The quantitative estimate of drug-likeness (QED) is 0.0983. The Morgan fingerprint density at radius 1 is 0.475 bits per heavy atom.